The first-order chi connectivity index (χ1) is 7.27. The molecule has 5 heteroatoms. The molecule has 4 nitrogen and oxygen atoms in total. The van der Waals surface area contributed by atoms with E-state index in [9.17, 15) is 0 Å². The number of halogens is 1. The van der Waals surface area contributed by atoms with Crippen LogP contribution in [0.15, 0.2) is 16.9 Å². The zero-order chi connectivity index (χ0) is 10.7. The normalized spacial score (nSPS) is 17.7. The fourth-order valence-corrected chi connectivity index (χ4v) is 2.05. The highest BCUT2D eigenvalue weighted by molar-refractivity contribution is 9.10. The topological polar surface area (TPSA) is 41.1 Å². The molecule has 1 aromatic heterocycles. The van der Waals surface area contributed by atoms with Crippen LogP contribution < -0.4 is 10.2 Å². The molecule has 82 valence electrons. The molecule has 0 radical (unpaired) electrons. The molecule has 2 rings (SSSR count). The summed E-state index contributed by atoms with van der Waals surface area (Å²) >= 11 is 3.34. The minimum absolute atomic E-state index is 0.562. The average Bonchev–Trinajstić information content (AvgIpc) is 2.30. The molecule has 0 amide bonds. The van der Waals surface area contributed by atoms with Crippen molar-refractivity contribution in [2.24, 2.45) is 0 Å². The maximum atomic E-state index is 4.30. The van der Waals surface area contributed by atoms with Gasteiger partial charge < -0.3 is 10.2 Å². The molecule has 0 saturated carbocycles. The van der Waals surface area contributed by atoms with E-state index in [1.807, 2.05) is 0 Å². The number of nitrogens with one attached hydrogen (secondary N) is 1. The van der Waals surface area contributed by atoms with Gasteiger partial charge in [0.25, 0.3) is 0 Å². The lowest BCUT2D eigenvalue weighted by Gasteiger charge is -2.31. The van der Waals surface area contributed by atoms with Crippen LogP contribution in [0.1, 0.15) is 12.8 Å². The van der Waals surface area contributed by atoms with Crippen molar-refractivity contribution in [1.82, 2.24) is 15.3 Å². The fourth-order valence-electron chi connectivity index (χ4n) is 1.84. The highest BCUT2D eigenvalue weighted by atomic mass is 79.9. The van der Waals surface area contributed by atoms with E-state index in [4.69, 9.17) is 0 Å². The zero-order valence-corrected chi connectivity index (χ0v) is 10.4. The Balaban J connectivity index is 2.05. The SMILES string of the molecule is CN(c1ncc(Br)cn1)C1CCNCC1. The molecule has 0 aliphatic carbocycles. The van der Waals surface area contributed by atoms with E-state index in [0.29, 0.717) is 6.04 Å². The van der Waals surface area contributed by atoms with Gasteiger partial charge in [0.2, 0.25) is 5.95 Å². The molecule has 1 aliphatic rings. The molecular weight excluding hydrogens is 256 g/mol. The molecular formula is C10H15BrN4. The number of anilines is 1. The van der Waals surface area contributed by atoms with Gasteiger partial charge in [-0.05, 0) is 41.9 Å². The number of hydrogen-bond donors (Lipinski definition) is 1. The van der Waals surface area contributed by atoms with E-state index in [1.165, 1.54) is 0 Å². The molecule has 1 fully saturated rings. The van der Waals surface area contributed by atoms with E-state index in [1.54, 1.807) is 12.4 Å². The predicted molar refractivity (Wildman–Crippen MR) is 64.0 cm³/mol. The third-order valence-corrected chi connectivity index (χ3v) is 3.19. The maximum Gasteiger partial charge on any atom is 0.225 e. The molecule has 1 aliphatic heterocycles. The van der Waals surface area contributed by atoms with Crippen LogP contribution in [0.3, 0.4) is 0 Å². The lowest BCUT2D eigenvalue weighted by atomic mass is 10.1. The Kier molecular flexibility index (Phi) is 3.53. The van der Waals surface area contributed by atoms with Gasteiger partial charge in [0, 0.05) is 25.5 Å². The smallest absolute Gasteiger partial charge is 0.225 e. The summed E-state index contributed by atoms with van der Waals surface area (Å²) < 4.78 is 0.921. The second-order valence-corrected chi connectivity index (χ2v) is 4.71. The Morgan fingerprint density at radius 2 is 1.93 bits per heavy atom. The molecule has 0 spiro atoms. The number of rotatable bonds is 2. The van der Waals surface area contributed by atoms with Crippen LogP contribution in [-0.4, -0.2) is 36.1 Å². The van der Waals surface area contributed by atoms with Gasteiger partial charge in [-0.1, -0.05) is 0 Å². The first kappa shape index (κ1) is 10.8. The van der Waals surface area contributed by atoms with E-state index < -0.39 is 0 Å². The highest BCUT2D eigenvalue weighted by Gasteiger charge is 2.19. The lowest BCUT2D eigenvalue weighted by Crippen LogP contribution is -2.41. The summed E-state index contributed by atoms with van der Waals surface area (Å²) in [5, 5.41) is 3.36. The van der Waals surface area contributed by atoms with Crippen LogP contribution in [0.4, 0.5) is 5.95 Å². The number of aromatic nitrogens is 2. The van der Waals surface area contributed by atoms with E-state index in [-0.39, 0.29) is 0 Å². The molecule has 15 heavy (non-hydrogen) atoms. The van der Waals surface area contributed by atoms with Gasteiger partial charge in [-0.25, -0.2) is 9.97 Å². The number of piperidine rings is 1. The monoisotopic (exact) mass is 270 g/mol. The minimum Gasteiger partial charge on any atom is -0.341 e. The van der Waals surface area contributed by atoms with E-state index in [2.05, 4.69) is 43.2 Å². The van der Waals surface area contributed by atoms with E-state index >= 15 is 0 Å². The van der Waals surface area contributed by atoms with Gasteiger partial charge in [0.05, 0.1) is 4.47 Å². The van der Waals surface area contributed by atoms with Crippen LogP contribution in [0.5, 0.6) is 0 Å². The molecule has 1 N–H and O–H groups in total. The molecule has 0 unspecified atom stereocenters. The third-order valence-electron chi connectivity index (χ3n) is 2.78. The Morgan fingerprint density at radius 1 is 1.33 bits per heavy atom. The Labute approximate surface area is 98.2 Å². The number of nitrogens with zero attached hydrogens (tertiary/aromatic N) is 3. The first-order valence-corrected chi connectivity index (χ1v) is 5.98. The summed E-state index contributed by atoms with van der Waals surface area (Å²) in [6, 6.07) is 0.562. The molecule has 0 atom stereocenters. The van der Waals surface area contributed by atoms with Crippen LogP contribution in [0.25, 0.3) is 0 Å². The molecule has 1 saturated heterocycles. The summed E-state index contributed by atoms with van der Waals surface area (Å²) in [5.74, 6) is 0.810. The van der Waals surface area contributed by atoms with Crippen LogP contribution >= 0.6 is 15.9 Å². The largest absolute Gasteiger partial charge is 0.341 e. The van der Waals surface area contributed by atoms with Gasteiger partial charge in [0.1, 0.15) is 0 Å². The van der Waals surface area contributed by atoms with Crippen molar-refractivity contribution >= 4 is 21.9 Å². The van der Waals surface area contributed by atoms with Gasteiger partial charge >= 0.3 is 0 Å². The predicted octanol–water partition coefficient (Wildman–Crippen LogP) is 1.43. The summed E-state index contributed by atoms with van der Waals surface area (Å²) in [6.45, 7) is 2.18. The summed E-state index contributed by atoms with van der Waals surface area (Å²) in [4.78, 5) is 10.8. The van der Waals surface area contributed by atoms with Crippen molar-refractivity contribution in [3.05, 3.63) is 16.9 Å². The fraction of sp³-hybridized carbons (Fsp3) is 0.600. The number of hydrogen-bond acceptors (Lipinski definition) is 4. The highest BCUT2D eigenvalue weighted by Crippen LogP contribution is 2.16. The van der Waals surface area contributed by atoms with Crippen molar-refractivity contribution in [3.8, 4) is 0 Å². The van der Waals surface area contributed by atoms with Crippen LogP contribution in [0, 0.1) is 0 Å². The summed E-state index contributed by atoms with van der Waals surface area (Å²) in [5.41, 5.74) is 0. The van der Waals surface area contributed by atoms with Crippen molar-refractivity contribution in [2.45, 2.75) is 18.9 Å². The minimum atomic E-state index is 0.562. The van der Waals surface area contributed by atoms with Crippen molar-refractivity contribution in [3.63, 3.8) is 0 Å². The molecule has 0 bridgehead atoms. The van der Waals surface area contributed by atoms with Gasteiger partial charge in [-0.15, -0.1) is 0 Å². The Hall–Kier alpha value is -0.680. The average molecular weight is 271 g/mol. The Morgan fingerprint density at radius 3 is 2.53 bits per heavy atom. The van der Waals surface area contributed by atoms with Crippen molar-refractivity contribution in [2.75, 3.05) is 25.0 Å². The van der Waals surface area contributed by atoms with Gasteiger partial charge in [-0.2, -0.15) is 0 Å². The molecule has 1 aromatic rings. The third kappa shape index (κ3) is 2.66. The first-order valence-electron chi connectivity index (χ1n) is 5.18. The van der Waals surface area contributed by atoms with E-state index in [0.717, 1.165) is 36.4 Å². The second kappa shape index (κ2) is 4.90. The zero-order valence-electron chi connectivity index (χ0n) is 8.78. The van der Waals surface area contributed by atoms with Crippen LogP contribution in [0.2, 0.25) is 0 Å². The lowest BCUT2D eigenvalue weighted by molar-refractivity contribution is 0.439. The standard InChI is InChI=1S/C10H15BrN4/c1-15(9-2-4-12-5-3-9)10-13-6-8(11)7-14-10/h6-7,9,12H,2-5H2,1H3. The van der Waals surface area contributed by atoms with Crippen molar-refractivity contribution < 1.29 is 0 Å². The van der Waals surface area contributed by atoms with Crippen molar-refractivity contribution in [1.29, 1.82) is 0 Å². The van der Waals surface area contributed by atoms with Gasteiger partial charge in [-0.3, -0.25) is 0 Å². The summed E-state index contributed by atoms with van der Waals surface area (Å²) in [7, 11) is 2.07. The molecule has 0 aromatic carbocycles. The van der Waals surface area contributed by atoms with Gasteiger partial charge in [0.15, 0.2) is 0 Å². The Bertz CT molecular complexity index is 308. The quantitative estimate of drug-likeness (QED) is 0.883. The second-order valence-electron chi connectivity index (χ2n) is 3.79. The van der Waals surface area contributed by atoms with Crippen LogP contribution in [-0.2, 0) is 0 Å². The summed E-state index contributed by atoms with van der Waals surface area (Å²) in [6.07, 6.45) is 5.91. The maximum absolute atomic E-state index is 4.30. The molecule has 2 heterocycles.